The summed E-state index contributed by atoms with van der Waals surface area (Å²) >= 11 is 3.30. The summed E-state index contributed by atoms with van der Waals surface area (Å²) in [6.45, 7) is 3.14. The van der Waals surface area contributed by atoms with Crippen molar-refractivity contribution in [1.29, 1.82) is 0 Å². The quantitative estimate of drug-likeness (QED) is 0.771. The average molecular weight is 378 g/mol. The first kappa shape index (κ1) is 14.8. The molecule has 0 saturated carbocycles. The Morgan fingerprint density at radius 1 is 1.13 bits per heavy atom. The maximum Gasteiger partial charge on any atom is 0.262 e. The number of likely N-dealkylation sites (tertiary alicyclic amines) is 1. The van der Waals surface area contributed by atoms with E-state index in [9.17, 15) is 14.4 Å². The molecule has 2 atom stereocenters. The van der Waals surface area contributed by atoms with E-state index in [1.54, 1.807) is 23.1 Å². The van der Waals surface area contributed by atoms with Gasteiger partial charge in [0.2, 0.25) is 5.91 Å². The Balaban J connectivity index is 1.48. The lowest BCUT2D eigenvalue weighted by Crippen LogP contribution is -2.42. The van der Waals surface area contributed by atoms with Crippen LogP contribution in [0.5, 0.6) is 0 Å². The molecule has 7 heteroatoms. The molecular formula is C16H16BrN3O3. The number of hydrogen-bond donors (Lipinski definition) is 1. The van der Waals surface area contributed by atoms with E-state index in [-0.39, 0.29) is 24.3 Å². The highest BCUT2D eigenvalue weighted by atomic mass is 79.9. The fourth-order valence-electron chi connectivity index (χ4n) is 3.70. The maximum absolute atomic E-state index is 12.5. The van der Waals surface area contributed by atoms with Gasteiger partial charge in [-0.05, 0) is 30.0 Å². The van der Waals surface area contributed by atoms with Crippen molar-refractivity contribution in [3.05, 3.63) is 33.8 Å². The van der Waals surface area contributed by atoms with E-state index in [4.69, 9.17) is 0 Å². The van der Waals surface area contributed by atoms with Gasteiger partial charge in [0.1, 0.15) is 6.54 Å². The van der Waals surface area contributed by atoms with E-state index in [2.05, 4.69) is 21.2 Å². The zero-order valence-corrected chi connectivity index (χ0v) is 14.0. The van der Waals surface area contributed by atoms with E-state index in [1.165, 1.54) is 0 Å². The number of rotatable bonds is 2. The Hall–Kier alpha value is -1.73. The summed E-state index contributed by atoms with van der Waals surface area (Å²) in [6, 6.07) is 4.98. The zero-order chi connectivity index (χ0) is 16.1. The van der Waals surface area contributed by atoms with Gasteiger partial charge in [-0.15, -0.1) is 0 Å². The molecule has 0 radical (unpaired) electrons. The summed E-state index contributed by atoms with van der Waals surface area (Å²) in [6.07, 6.45) is 0. The smallest absolute Gasteiger partial charge is 0.262 e. The molecule has 1 N–H and O–H groups in total. The Morgan fingerprint density at radius 2 is 1.78 bits per heavy atom. The van der Waals surface area contributed by atoms with Crippen LogP contribution in [0, 0.1) is 11.8 Å². The average Bonchev–Trinajstić information content (AvgIpc) is 3.17. The lowest BCUT2D eigenvalue weighted by atomic mass is 10.0. The van der Waals surface area contributed by atoms with Gasteiger partial charge in [-0.25, -0.2) is 0 Å². The van der Waals surface area contributed by atoms with Crippen LogP contribution in [0.15, 0.2) is 22.7 Å². The van der Waals surface area contributed by atoms with Gasteiger partial charge in [0, 0.05) is 30.7 Å². The molecule has 2 fully saturated rings. The van der Waals surface area contributed by atoms with Crippen molar-refractivity contribution in [3.63, 3.8) is 0 Å². The van der Waals surface area contributed by atoms with Crippen LogP contribution >= 0.6 is 15.9 Å². The molecule has 3 aliphatic rings. The number of fused-ring (bicyclic) bond motifs is 2. The molecule has 0 bridgehead atoms. The lowest BCUT2D eigenvalue weighted by Gasteiger charge is -2.21. The van der Waals surface area contributed by atoms with Crippen LogP contribution in [0.3, 0.4) is 0 Å². The van der Waals surface area contributed by atoms with Crippen molar-refractivity contribution >= 4 is 33.7 Å². The summed E-state index contributed by atoms with van der Waals surface area (Å²) in [7, 11) is 0. The van der Waals surface area contributed by atoms with Gasteiger partial charge in [0.15, 0.2) is 0 Å². The van der Waals surface area contributed by atoms with E-state index in [0.29, 0.717) is 36.1 Å². The van der Waals surface area contributed by atoms with Crippen LogP contribution in [0.25, 0.3) is 0 Å². The molecule has 3 heterocycles. The maximum atomic E-state index is 12.5. The Kier molecular flexibility index (Phi) is 3.50. The van der Waals surface area contributed by atoms with Gasteiger partial charge in [-0.2, -0.15) is 0 Å². The number of carbonyl (C=O) groups is 3. The third-order valence-corrected chi connectivity index (χ3v) is 5.46. The van der Waals surface area contributed by atoms with Gasteiger partial charge >= 0.3 is 0 Å². The molecule has 1 aromatic carbocycles. The number of carbonyl (C=O) groups excluding carboxylic acids is 3. The molecule has 120 valence electrons. The van der Waals surface area contributed by atoms with Crippen molar-refractivity contribution in [2.75, 3.05) is 32.7 Å². The minimum Gasteiger partial charge on any atom is -0.340 e. The molecule has 3 aliphatic heterocycles. The number of benzene rings is 1. The van der Waals surface area contributed by atoms with Crippen LogP contribution in [0.2, 0.25) is 0 Å². The third-order valence-electron chi connectivity index (χ3n) is 4.97. The van der Waals surface area contributed by atoms with Gasteiger partial charge < -0.3 is 10.2 Å². The molecule has 23 heavy (non-hydrogen) atoms. The molecular weight excluding hydrogens is 362 g/mol. The normalized spacial score (nSPS) is 26.0. The summed E-state index contributed by atoms with van der Waals surface area (Å²) in [4.78, 5) is 40.1. The van der Waals surface area contributed by atoms with Crippen LogP contribution in [-0.4, -0.2) is 60.2 Å². The van der Waals surface area contributed by atoms with Gasteiger partial charge in [-0.3, -0.25) is 19.3 Å². The zero-order valence-electron chi connectivity index (χ0n) is 12.4. The fraction of sp³-hybridized carbons (Fsp3) is 0.438. The third kappa shape index (κ3) is 2.38. The van der Waals surface area contributed by atoms with Crippen molar-refractivity contribution in [2.45, 2.75) is 0 Å². The molecule has 0 aromatic heterocycles. The fourth-order valence-corrected chi connectivity index (χ4v) is 4.06. The highest BCUT2D eigenvalue weighted by Gasteiger charge is 2.41. The second-order valence-corrected chi connectivity index (χ2v) is 7.28. The van der Waals surface area contributed by atoms with Crippen molar-refractivity contribution in [2.24, 2.45) is 11.8 Å². The predicted molar refractivity (Wildman–Crippen MR) is 85.9 cm³/mol. The number of imide groups is 1. The highest BCUT2D eigenvalue weighted by molar-refractivity contribution is 9.10. The number of amides is 3. The second-order valence-electron chi connectivity index (χ2n) is 6.36. The molecule has 6 nitrogen and oxygen atoms in total. The van der Waals surface area contributed by atoms with Gasteiger partial charge in [0.05, 0.1) is 11.1 Å². The van der Waals surface area contributed by atoms with E-state index < -0.39 is 0 Å². The topological polar surface area (TPSA) is 69.7 Å². The minimum atomic E-state index is -0.388. The predicted octanol–water partition coefficient (Wildman–Crippen LogP) is 0.723. The summed E-state index contributed by atoms with van der Waals surface area (Å²) in [5, 5.41) is 3.33. The molecule has 3 amide bonds. The molecule has 0 aliphatic carbocycles. The number of halogens is 1. The standard InChI is InChI=1S/C16H16BrN3O3/c17-11-1-2-12-13(3-11)16(23)20(15(12)22)8-14(21)19-6-9-4-18-5-10(9)7-19/h1-3,9-10,18H,4-8H2/t9-,10+. The second kappa shape index (κ2) is 5.42. The molecule has 4 rings (SSSR count). The Morgan fingerprint density at radius 3 is 2.48 bits per heavy atom. The van der Waals surface area contributed by atoms with Crippen molar-refractivity contribution in [3.8, 4) is 0 Å². The van der Waals surface area contributed by atoms with E-state index in [0.717, 1.165) is 22.5 Å². The van der Waals surface area contributed by atoms with Crippen LogP contribution in [0.4, 0.5) is 0 Å². The number of nitrogens with zero attached hydrogens (tertiary/aromatic N) is 2. The monoisotopic (exact) mass is 377 g/mol. The van der Waals surface area contributed by atoms with Gasteiger partial charge in [0.25, 0.3) is 11.8 Å². The highest BCUT2D eigenvalue weighted by Crippen LogP contribution is 2.28. The summed E-state index contributed by atoms with van der Waals surface area (Å²) in [5.41, 5.74) is 0.730. The van der Waals surface area contributed by atoms with Crippen LogP contribution < -0.4 is 5.32 Å². The molecule has 0 spiro atoms. The minimum absolute atomic E-state index is 0.145. The molecule has 2 saturated heterocycles. The van der Waals surface area contributed by atoms with E-state index in [1.807, 2.05) is 0 Å². The first-order valence-electron chi connectivity index (χ1n) is 7.69. The first-order valence-corrected chi connectivity index (χ1v) is 8.48. The number of nitrogens with one attached hydrogen (secondary N) is 1. The van der Waals surface area contributed by atoms with Crippen molar-refractivity contribution in [1.82, 2.24) is 15.1 Å². The summed E-state index contributed by atoms with van der Waals surface area (Å²) in [5.74, 6) is 0.0785. The Bertz CT molecular complexity index is 709. The molecule has 1 aromatic rings. The largest absolute Gasteiger partial charge is 0.340 e. The van der Waals surface area contributed by atoms with Crippen molar-refractivity contribution < 1.29 is 14.4 Å². The molecule has 0 unspecified atom stereocenters. The Labute approximate surface area is 141 Å². The van der Waals surface area contributed by atoms with Crippen LogP contribution in [-0.2, 0) is 4.79 Å². The first-order chi connectivity index (χ1) is 11.0. The summed E-state index contributed by atoms with van der Waals surface area (Å²) < 4.78 is 0.741. The number of hydrogen-bond acceptors (Lipinski definition) is 4. The van der Waals surface area contributed by atoms with Gasteiger partial charge in [-0.1, -0.05) is 15.9 Å². The lowest BCUT2D eigenvalue weighted by molar-refractivity contribution is -0.130. The SMILES string of the molecule is O=C(CN1C(=O)c2ccc(Br)cc2C1=O)N1C[C@H]2CNC[C@H]2C1. The van der Waals surface area contributed by atoms with Crippen LogP contribution in [0.1, 0.15) is 20.7 Å². The van der Waals surface area contributed by atoms with E-state index >= 15 is 0 Å².